The van der Waals surface area contributed by atoms with Crippen LogP contribution in [-0.4, -0.2) is 44.2 Å². The second-order valence-electron chi connectivity index (χ2n) is 5.70. The van der Waals surface area contributed by atoms with Gasteiger partial charge in [0.1, 0.15) is 5.75 Å². The minimum Gasteiger partial charge on any atom is -0.497 e. The van der Waals surface area contributed by atoms with E-state index in [0.29, 0.717) is 6.04 Å². The lowest BCUT2D eigenvalue weighted by atomic mass is 10.1. The number of benzene rings is 1. The first-order valence-corrected chi connectivity index (χ1v) is 7.90. The topological polar surface area (TPSA) is 24.5 Å². The Morgan fingerprint density at radius 3 is 3.10 bits per heavy atom. The van der Waals surface area contributed by atoms with E-state index in [2.05, 4.69) is 35.3 Å². The molecule has 3 heteroatoms. The van der Waals surface area contributed by atoms with Gasteiger partial charge in [-0.15, -0.1) is 0 Å². The summed E-state index contributed by atoms with van der Waals surface area (Å²) in [6.07, 6.45) is 4.92. The van der Waals surface area contributed by atoms with E-state index in [1.54, 1.807) is 7.11 Å². The maximum atomic E-state index is 5.29. The van der Waals surface area contributed by atoms with Crippen LogP contribution in [0, 0.1) is 0 Å². The van der Waals surface area contributed by atoms with E-state index in [1.807, 2.05) is 6.07 Å². The van der Waals surface area contributed by atoms with Crippen molar-refractivity contribution in [2.75, 3.05) is 33.3 Å². The molecule has 2 rings (SSSR count). The van der Waals surface area contributed by atoms with Gasteiger partial charge in [0.25, 0.3) is 0 Å². The van der Waals surface area contributed by atoms with E-state index in [0.717, 1.165) is 18.7 Å². The number of nitrogens with one attached hydrogen (secondary N) is 1. The van der Waals surface area contributed by atoms with Crippen molar-refractivity contribution in [1.82, 2.24) is 10.2 Å². The van der Waals surface area contributed by atoms with Gasteiger partial charge in [0.05, 0.1) is 7.11 Å². The molecule has 1 aliphatic heterocycles. The average Bonchev–Trinajstić information content (AvgIpc) is 2.71. The highest BCUT2D eigenvalue weighted by atomic mass is 16.5. The molecule has 0 aromatic heterocycles. The fourth-order valence-corrected chi connectivity index (χ4v) is 2.94. The molecule has 1 fully saturated rings. The largest absolute Gasteiger partial charge is 0.497 e. The molecule has 1 atom stereocenters. The third kappa shape index (κ3) is 4.80. The molecule has 0 aliphatic carbocycles. The summed E-state index contributed by atoms with van der Waals surface area (Å²) in [4.78, 5) is 2.61. The minimum atomic E-state index is 0.674. The van der Waals surface area contributed by atoms with Crippen molar-refractivity contribution in [3.8, 4) is 5.75 Å². The van der Waals surface area contributed by atoms with Crippen LogP contribution in [0.3, 0.4) is 0 Å². The van der Waals surface area contributed by atoms with Gasteiger partial charge in [-0.3, -0.25) is 0 Å². The molecule has 0 spiro atoms. The Hall–Kier alpha value is -1.06. The smallest absolute Gasteiger partial charge is 0.119 e. The van der Waals surface area contributed by atoms with Gasteiger partial charge in [0, 0.05) is 19.1 Å². The molecule has 1 aromatic carbocycles. The molecule has 1 N–H and O–H groups in total. The van der Waals surface area contributed by atoms with Crippen molar-refractivity contribution in [3.63, 3.8) is 0 Å². The summed E-state index contributed by atoms with van der Waals surface area (Å²) in [5.74, 6) is 0.962. The number of methoxy groups -OCH3 is 1. The molecule has 1 unspecified atom stereocenters. The molecule has 3 nitrogen and oxygen atoms in total. The predicted molar refractivity (Wildman–Crippen MR) is 84.5 cm³/mol. The maximum Gasteiger partial charge on any atom is 0.119 e. The number of hydrogen-bond donors (Lipinski definition) is 1. The molecule has 0 bridgehead atoms. The zero-order valence-corrected chi connectivity index (χ0v) is 12.9. The van der Waals surface area contributed by atoms with Gasteiger partial charge in [0.15, 0.2) is 0 Å². The second-order valence-corrected chi connectivity index (χ2v) is 5.70. The van der Waals surface area contributed by atoms with Crippen LogP contribution >= 0.6 is 0 Å². The molecule has 1 saturated heterocycles. The van der Waals surface area contributed by atoms with Gasteiger partial charge in [-0.25, -0.2) is 0 Å². The van der Waals surface area contributed by atoms with Crippen LogP contribution in [0.15, 0.2) is 24.3 Å². The Labute approximate surface area is 123 Å². The first-order valence-electron chi connectivity index (χ1n) is 7.90. The van der Waals surface area contributed by atoms with Crippen molar-refractivity contribution in [2.24, 2.45) is 0 Å². The molecule has 20 heavy (non-hydrogen) atoms. The zero-order valence-electron chi connectivity index (χ0n) is 12.9. The molecule has 0 saturated carbocycles. The SMILES string of the molecule is CCCC1CN(CCc2cccc(OC)c2)CCCN1. The summed E-state index contributed by atoms with van der Waals surface area (Å²) < 4.78 is 5.29. The monoisotopic (exact) mass is 276 g/mol. The van der Waals surface area contributed by atoms with Crippen LogP contribution in [0.2, 0.25) is 0 Å². The van der Waals surface area contributed by atoms with Crippen LogP contribution in [0.1, 0.15) is 31.7 Å². The highest BCUT2D eigenvalue weighted by Gasteiger charge is 2.16. The molecule has 0 amide bonds. The molecule has 1 heterocycles. The fraction of sp³-hybridized carbons (Fsp3) is 0.647. The maximum absolute atomic E-state index is 5.29. The summed E-state index contributed by atoms with van der Waals surface area (Å²) >= 11 is 0. The van der Waals surface area contributed by atoms with Gasteiger partial charge in [-0.05, 0) is 50.0 Å². The van der Waals surface area contributed by atoms with Crippen LogP contribution in [0.4, 0.5) is 0 Å². The zero-order chi connectivity index (χ0) is 14.2. The quantitative estimate of drug-likeness (QED) is 0.864. The Balaban J connectivity index is 1.85. The highest BCUT2D eigenvalue weighted by molar-refractivity contribution is 5.28. The van der Waals surface area contributed by atoms with Gasteiger partial charge in [0.2, 0.25) is 0 Å². The molecular weight excluding hydrogens is 248 g/mol. The van der Waals surface area contributed by atoms with E-state index in [-0.39, 0.29) is 0 Å². The Bertz CT molecular complexity index is 394. The third-order valence-corrected chi connectivity index (χ3v) is 4.05. The van der Waals surface area contributed by atoms with Crippen LogP contribution in [0.25, 0.3) is 0 Å². The van der Waals surface area contributed by atoms with Gasteiger partial charge < -0.3 is 15.0 Å². The summed E-state index contributed by atoms with van der Waals surface area (Å²) in [6.45, 7) is 7.00. The summed E-state index contributed by atoms with van der Waals surface area (Å²) in [5.41, 5.74) is 1.37. The van der Waals surface area contributed by atoms with Gasteiger partial charge in [-0.1, -0.05) is 25.5 Å². The van der Waals surface area contributed by atoms with E-state index in [1.165, 1.54) is 44.5 Å². The number of rotatable bonds is 6. The van der Waals surface area contributed by atoms with E-state index in [9.17, 15) is 0 Å². The molecule has 0 radical (unpaired) electrons. The van der Waals surface area contributed by atoms with Gasteiger partial charge in [-0.2, -0.15) is 0 Å². The normalized spacial score (nSPS) is 20.6. The average molecular weight is 276 g/mol. The molecule has 112 valence electrons. The van der Waals surface area contributed by atoms with Crippen molar-refractivity contribution >= 4 is 0 Å². The Morgan fingerprint density at radius 2 is 2.30 bits per heavy atom. The lowest BCUT2D eigenvalue weighted by Crippen LogP contribution is -2.38. The van der Waals surface area contributed by atoms with Crippen molar-refractivity contribution in [2.45, 2.75) is 38.6 Å². The summed E-state index contributed by atoms with van der Waals surface area (Å²) in [7, 11) is 1.73. The Morgan fingerprint density at radius 1 is 1.40 bits per heavy atom. The highest BCUT2D eigenvalue weighted by Crippen LogP contribution is 2.14. The second kappa shape index (κ2) is 8.28. The first-order chi connectivity index (χ1) is 9.81. The standard InChI is InChI=1S/C17H28N2O/c1-3-6-16-14-19(11-5-10-18-16)12-9-15-7-4-8-17(13-15)20-2/h4,7-8,13,16,18H,3,5-6,9-12,14H2,1-2H3. The molecule has 1 aromatic rings. The molecular formula is C17H28N2O. The lowest BCUT2D eigenvalue weighted by molar-refractivity contribution is 0.265. The van der Waals surface area contributed by atoms with Crippen LogP contribution in [0.5, 0.6) is 5.75 Å². The number of hydrogen-bond acceptors (Lipinski definition) is 3. The number of nitrogens with zero attached hydrogens (tertiary/aromatic N) is 1. The summed E-state index contributed by atoms with van der Waals surface area (Å²) in [5, 5.41) is 3.67. The first kappa shape index (κ1) is 15.3. The van der Waals surface area contributed by atoms with Crippen LogP contribution < -0.4 is 10.1 Å². The fourth-order valence-electron chi connectivity index (χ4n) is 2.94. The van der Waals surface area contributed by atoms with Crippen molar-refractivity contribution < 1.29 is 4.74 Å². The predicted octanol–water partition coefficient (Wildman–Crippen LogP) is 2.70. The summed E-state index contributed by atoms with van der Waals surface area (Å²) in [6, 6.07) is 9.11. The van der Waals surface area contributed by atoms with E-state index < -0.39 is 0 Å². The van der Waals surface area contributed by atoms with Crippen LogP contribution in [-0.2, 0) is 6.42 Å². The van der Waals surface area contributed by atoms with Crippen molar-refractivity contribution in [3.05, 3.63) is 29.8 Å². The number of ether oxygens (including phenoxy) is 1. The lowest BCUT2D eigenvalue weighted by Gasteiger charge is -2.24. The van der Waals surface area contributed by atoms with E-state index >= 15 is 0 Å². The van der Waals surface area contributed by atoms with E-state index in [4.69, 9.17) is 4.74 Å². The Kier molecular flexibility index (Phi) is 6.34. The molecule has 1 aliphatic rings. The third-order valence-electron chi connectivity index (χ3n) is 4.05. The van der Waals surface area contributed by atoms with Crippen molar-refractivity contribution in [1.29, 1.82) is 0 Å². The minimum absolute atomic E-state index is 0.674. The van der Waals surface area contributed by atoms with Gasteiger partial charge >= 0.3 is 0 Å².